The van der Waals surface area contributed by atoms with Gasteiger partial charge in [-0.1, -0.05) is 137 Å². The van der Waals surface area contributed by atoms with Gasteiger partial charge in [0.2, 0.25) is 0 Å². The van der Waals surface area contributed by atoms with E-state index in [4.69, 9.17) is 0 Å². The van der Waals surface area contributed by atoms with Gasteiger partial charge in [0.15, 0.2) is 0 Å². The van der Waals surface area contributed by atoms with Crippen molar-refractivity contribution in [2.75, 3.05) is 9.80 Å². The summed E-state index contributed by atoms with van der Waals surface area (Å²) in [5.74, 6) is 0. The molecule has 50 heavy (non-hydrogen) atoms. The molecule has 2 aliphatic rings. The molecule has 2 heteroatoms. The molecule has 0 saturated carbocycles. The van der Waals surface area contributed by atoms with Crippen molar-refractivity contribution in [3.63, 3.8) is 0 Å². The number of hydrogen-bond acceptors (Lipinski definition) is 2. The monoisotopic (exact) mass is 642 g/mol. The zero-order valence-corrected chi connectivity index (χ0v) is 28.9. The quantitative estimate of drug-likeness (QED) is 0.173. The van der Waals surface area contributed by atoms with Crippen molar-refractivity contribution in [1.29, 1.82) is 0 Å². The maximum atomic E-state index is 2.47. The van der Waals surface area contributed by atoms with Gasteiger partial charge >= 0.3 is 0 Å². The Morgan fingerprint density at radius 2 is 0.580 bits per heavy atom. The van der Waals surface area contributed by atoms with Crippen LogP contribution in [0.1, 0.15) is 49.9 Å². The predicted molar refractivity (Wildman–Crippen MR) is 213 cm³/mol. The summed E-state index contributed by atoms with van der Waals surface area (Å²) in [5, 5.41) is 7.63. The molecule has 8 aromatic rings. The van der Waals surface area contributed by atoms with E-state index in [9.17, 15) is 0 Å². The van der Waals surface area contributed by atoms with Crippen molar-refractivity contribution in [3.05, 3.63) is 180 Å². The highest BCUT2D eigenvalue weighted by atomic mass is 15.2. The number of rotatable bonds is 2. The van der Waals surface area contributed by atoms with E-state index in [2.05, 4.69) is 195 Å². The molecule has 240 valence electrons. The van der Waals surface area contributed by atoms with E-state index in [1.165, 1.54) is 88.7 Å². The van der Waals surface area contributed by atoms with Gasteiger partial charge in [-0.25, -0.2) is 0 Å². The lowest BCUT2D eigenvalue weighted by Gasteiger charge is -2.42. The lowest BCUT2D eigenvalue weighted by Crippen LogP contribution is -2.30. The predicted octanol–water partition coefficient (Wildman–Crippen LogP) is 13.4. The molecule has 0 spiro atoms. The Bertz CT molecular complexity index is 2400. The summed E-state index contributed by atoms with van der Waals surface area (Å²) in [6, 6.07) is 58.7. The minimum Gasteiger partial charge on any atom is -0.310 e. The lowest BCUT2D eigenvalue weighted by atomic mass is 9.73. The van der Waals surface area contributed by atoms with Gasteiger partial charge in [0, 0.05) is 22.2 Å². The first-order valence-corrected chi connectivity index (χ1v) is 17.7. The second-order valence-electron chi connectivity index (χ2n) is 15.0. The molecule has 0 radical (unpaired) electrons. The Balaban J connectivity index is 1.26. The molecule has 0 aromatic heterocycles. The minimum atomic E-state index is -0.103. The van der Waals surface area contributed by atoms with Gasteiger partial charge in [-0.2, -0.15) is 0 Å². The van der Waals surface area contributed by atoms with Gasteiger partial charge in [0.05, 0.1) is 22.7 Å². The summed E-state index contributed by atoms with van der Waals surface area (Å²) < 4.78 is 0. The van der Waals surface area contributed by atoms with Crippen molar-refractivity contribution in [2.45, 2.75) is 38.5 Å². The first kappa shape index (κ1) is 29.1. The Labute approximate surface area is 293 Å². The normalized spacial score (nSPS) is 15.4. The van der Waals surface area contributed by atoms with Crippen LogP contribution in [0, 0.1) is 0 Å². The minimum absolute atomic E-state index is 0.103. The average Bonchev–Trinajstić information content (AvgIpc) is 3.15. The number of fused-ring (bicyclic) bond motifs is 10. The molecule has 0 amide bonds. The van der Waals surface area contributed by atoms with Crippen molar-refractivity contribution < 1.29 is 0 Å². The molecule has 2 aliphatic heterocycles. The highest BCUT2D eigenvalue weighted by molar-refractivity contribution is 6.26. The third-order valence-electron chi connectivity index (χ3n) is 11.6. The molecule has 2 nitrogen and oxygen atoms in total. The number of para-hydroxylation sites is 4. The zero-order chi connectivity index (χ0) is 33.8. The highest BCUT2D eigenvalue weighted by Crippen LogP contribution is 2.54. The molecule has 0 fully saturated rings. The Kier molecular flexibility index (Phi) is 6.01. The summed E-state index contributed by atoms with van der Waals surface area (Å²) in [6.07, 6.45) is 0. The summed E-state index contributed by atoms with van der Waals surface area (Å²) >= 11 is 0. The van der Waals surface area contributed by atoms with Crippen molar-refractivity contribution >= 4 is 66.4 Å². The summed E-state index contributed by atoms with van der Waals surface area (Å²) in [4.78, 5) is 4.94. The van der Waals surface area contributed by atoms with Gasteiger partial charge < -0.3 is 9.80 Å². The maximum Gasteiger partial charge on any atom is 0.0502 e. The zero-order valence-electron chi connectivity index (χ0n) is 28.9. The second-order valence-corrected chi connectivity index (χ2v) is 15.0. The van der Waals surface area contributed by atoms with E-state index < -0.39 is 0 Å². The second kappa shape index (κ2) is 10.3. The number of nitrogens with zero attached hydrogens (tertiary/aromatic N) is 2. The van der Waals surface area contributed by atoms with Crippen molar-refractivity contribution in [1.82, 2.24) is 0 Å². The Morgan fingerprint density at radius 1 is 0.300 bits per heavy atom. The van der Waals surface area contributed by atoms with Crippen LogP contribution in [-0.4, -0.2) is 0 Å². The maximum absolute atomic E-state index is 2.47. The average molecular weight is 643 g/mol. The molecular formula is C48H38N2. The van der Waals surface area contributed by atoms with Crippen LogP contribution >= 0.6 is 0 Å². The fourth-order valence-corrected chi connectivity index (χ4v) is 9.11. The SMILES string of the molecule is CC1(C)c2ccccc2N(c2ccc3c4ccccc4c4ccc(N5c6ccccc6C(C)(C)c6ccccc65)cc4c3c2)c2ccccc21. The first-order valence-electron chi connectivity index (χ1n) is 17.7. The van der Waals surface area contributed by atoms with Gasteiger partial charge in [-0.3, -0.25) is 0 Å². The molecule has 0 saturated heterocycles. The number of anilines is 6. The van der Waals surface area contributed by atoms with Crippen LogP contribution in [0.15, 0.2) is 158 Å². The fourth-order valence-electron chi connectivity index (χ4n) is 9.11. The topological polar surface area (TPSA) is 6.48 Å². The van der Waals surface area contributed by atoms with Crippen LogP contribution in [0.25, 0.3) is 32.3 Å². The number of benzene rings is 8. The van der Waals surface area contributed by atoms with Gasteiger partial charge in [0.1, 0.15) is 0 Å². The van der Waals surface area contributed by atoms with Crippen LogP contribution in [-0.2, 0) is 10.8 Å². The molecule has 0 unspecified atom stereocenters. The molecule has 8 aromatic carbocycles. The summed E-state index contributed by atoms with van der Waals surface area (Å²) in [5.41, 5.74) is 12.5. The highest BCUT2D eigenvalue weighted by Gasteiger charge is 2.38. The van der Waals surface area contributed by atoms with Crippen molar-refractivity contribution in [2.24, 2.45) is 0 Å². The standard InChI is InChI=1S/C48H38N2/c1-47(2)39-17-7-11-21-43(39)49(44-22-12-8-18-40(44)47)31-25-27-35-33-15-5-6-16-34(33)36-28-26-32(30-38(36)37(35)29-31)50-45-23-13-9-19-41(45)48(3,4)42-20-10-14-24-46(42)50/h5-30H,1-4H3. The van der Waals surface area contributed by atoms with Crippen LogP contribution in [0.3, 0.4) is 0 Å². The van der Waals surface area contributed by atoms with Crippen LogP contribution in [0.5, 0.6) is 0 Å². The summed E-state index contributed by atoms with van der Waals surface area (Å²) in [6.45, 7) is 9.40. The molecule has 2 heterocycles. The smallest absolute Gasteiger partial charge is 0.0502 e. The molecular weight excluding hydrogens is 605 g/mol. The van der Waals surface area contributed by atoms with E-state index in [0.29, 0.717) is 0 Å². The van der Waals surface area contributed by atoms with E-state index in [1.54, 1.807) is 0 Å². The Hall–Kier alpha value is -5.86. The summed E-state index contributed by atoms with van der Waals surface area (Å²) in [7, 11) is 0. The van der Waals surface area contributed by atoms with E-state index in [1.807, 2.05) is 0 Å². The van der Waals surface area contributed by atoms with Crippen LogP contribution < -0.4 is 9.80 Å². The van der Waals surface area contributed by atoms with Crippen molar-refractivity contribution in [3.8, 4) is 0 Å². The van der Waals surface area contributed by atoms with Gasteiger partial charge in [-0.05, 0) is 103 Å². The fraction of sp³-hybridized carbons (Fsp3) is 0.125. The van der Waals surface area contributed by atoms with E-state index in [-0.39, 0.29) is 10.8 Å². The molecule has 0 aliphatic carbocycles. The van der Waals surface area contributed by atoms with E-state index >= 15 is 0 Å². The molecule has 0 bridgehead atoms. The largest absolute Gasteiger partial charge is 0.310 e. The third kappa shape index (κ3) is 3.91. The molecule has 0 atom stereocenters. The van der Waals surface area contributed by atoms with Gasteiger partial charge in [0.25, 0.3) is 0 Å². The van der Waals surface area contributed by atoms with Crippen LogP contribution in [0.4, 0.5) is 34.1 Å². The molecule has 0 N–H and O–H groups in total. The van der Waals surface area contributed by atoms with E-state index in [0.717, 1.165) is 0 Å². The Morgan fingerprint density at radius 3 is 0.920 bits per heavy atom. The lowest BCUT2D eigenvalue weighted by molar-refractivity contribution is 0.632. The van der Waals surface area contributed by atoms with Crippen LogP contribution in [0.2, 0.25) is 0 Å². The first-order chi connectivity index (χ1) is 24.3. The number of hydrogen-bond donors (Lipinski definition) is 0. The molecule has 10 rings (SSSR count). The third-order valence-corrected chi connectivity index (χ3v) is 11.6. The van der Waals surface area contributed by atoms with Gasteiger partial charge in [-0.15, -0.1) is 0 Å².